The fraction of sp³-hybridized carbons (Fsp3) is 0.150. The number of amides is 1. The summed E-state index contributed by atoms with van der Waals surface area (Å²) < 4.78 is 24.4. The zero-order valence-corrected chi connectivity index (χ0v) is 16.2. The number of carboxylic acids is 1. The topological polar surface area (TPSA) is 97.2 Å². The fourth-order valence-electron chi connectivity index (χ4n) is 2.43. The van der Waals surface area contributed by atoms with Crippen LogP contribution in [0.2, 0.25) is 0 Å². The normalized spacial score (nSPS) is 16.1. The first kappa shape index (κ1) is 20.4. The molecule has 0 aromatic heterocycles. The van der Waals surface area contributed by atoms with Gasteiger partial charge in [-0.25, -0.2) is 9.38 Å². The van der Waals surface area contributed by atoms with Gasteiger partial charge in [-0.15, -0.1) is 0 Å². The maximum absolute atomic E-state index is 13.7. The van der Waals surface area contributed by atoms with Crippen LogP contribution in [0.3, 0.4) is 0 Å². The number of carbonyl (C=O) groups excluding carboxylic acids is 1. The average molecular weight is 416 g/mol. The molecule has 3 rings (SSSR count). The molecule has 150 valence electrons. The molecule has 9 heteroatoms. The van der Waals surface area contributed by atoms with Gasteiger partial charge in [0.2, 0.25) is 0 Å². The van der Waals surface area contributed by atoms with Crippen molar-refractivity contribution in [1.29, 1.82) is 0 Å². The summed E-state index contributed by atoms with van der Waals surface area (Å²) in [6.45, 7) is 0.0141. The van der Waals surface area contributed by atoms with E-state index in [4.69, 9.17) is 14.6 Å². The van der Waals surface area contributed by atoms with Crippen molar-refractivity contribution in [3.05, 3.63) is 58.8 Å². The maximum atomic E-state index is 13.7. The number of hydrogen-bond acceptors (Lipinski definition) is 6. The van der Waals surface area contributed by atoms with E-state index < -0.39 is 11.8 Å². The average Bonchev–Trinajstić information content (AvgIpc) is 3.03. The van der Waals surface area contributed by atoms with Crippen LogP contribution in [-0.2, 0) is 9.59 Å². The number of nitrogens with one attached hydrogen (secondary N) is 1. The Morgan fingerprint density at radius 3 is 2.79 bits per heavy atom. The third kappa shape index (κ3) is 5.35. The lowest BCUT2D eigenvalue weighted by atomic mass is 10.2. The molecule has 7 nitrogen and oxygen atoms in total. The van der Waals surface area contributed by atoms with E-state index >= 15 is 0 Å². The van der Waals surface area contributed by atoms with Crippen LogP contribution < -0.4 is 14.8 Å². The number of aliphatic imine (C=N–C) groups is 1. The van der Waals surface area contributed by atoms with Gasteiger partial charge in [0.1, 0.15) is 11.5 Å². The number of benzene rings is 2. The number of para-hydroxylation sites is 1. The summed E-state index contributed by atoms with van der Waals surface area (Å²) in [7, 11) is 1.46. The Morgan fingerprint density at radius 2 is 2.07 bits per heavy atom. The lowest BCUT2D eigenvalue weighted by molar-refractivity contribution is -0.137. The quantitative estimate of drug-likeness (QED) is 0.670. The first-order valence-corrected chi connectivity index (χ1v) is 9.34. The van der Waals surface area contributed by atoms with Crippen molar-refractivity contribution >= 4 is 40.6 Å². The Labute approximate surface area is 170 Å². The standard InChI is InChI=1S/C20H17FN2O5S/c1-27-16-10-12(6-7-15(16)28-9-8-18(24)25)11-17-19(26)23-20(29-17)22-14-5-3-2-4-13(14)21/h2-7,10-11H,8-9H2,1H3,(H,24,25)(H,22,23,26)/b17-11+. The number of carboxylic acid groups (broad SMARTS) is 1. The van der Waals surface area contributed by atoms with Gasteiger partial charge in [0, 0.05) is 0 Å². The molecule has 0 spiro atoms. The number of rotatable bonds is 7. The molecule has 0 atom stereocenters. The van der Waals surface area contributed by atoms with Gasteiger partial charge in [0.15, 0.2) is 16.7 Å². The molecule has 1 fully saturated rings. The van der Waals surface area contributed by atoms with Gasteiger partial charge >= 0.3 is 5.97 Å². The van der Waals surface area contributed by atoms with E-state index in [1.165, 1.54) is 19.2 Å². The summed E-state index contributed by atoms with van der Waals surface area (Å²) in [5.41, 5.74) is 0.818. The van der Waals surface area contributed by atoms with Crippen LogP contribution in [0.5, 0.6) is 11.5 Å². The predicted octanol–water partition coefficient (Wildman–Crippen LogP) is 3.58. The second-order valence-corrected chi connectivity index (χ2v) is 6.87. The van der Waals surface area contributed by atoms with E-state index in [-0.39, 0.29) is 29.8 Å². The van der Waals surface area contributed by atoms with E-state index in [9.17, 15) is 14.0 Å². The number of thioether (sulfide) groups is 1. The number of aliphatic carboxylic acids is 1. The number of carbonyl (C=O) groups is 2. The van der Waals surface area contributed by atoms with Crippen molar-refractivity contribution in [2.24, 2.45) is 4.99 Å². The number of methoxy groups -OCH3 is 1. The SMILES string of the molecule is COc1cc(/C=C2/SC(=Nc3ccccc3F)NC2=O)ccc1OCCC(=O)O. The molecule has 1 aliphatic rings. The highest BCUT2D eigenvalue weighted by molar-refractivity contribution is 8.18. The molecule has 1 aliphatic heterocycles. The summed E-state index contributed by atoms with van der Waals surface area (Å²) in [5.74, 6) is -0.960. The van der Waals surface area contributed by atoms with Crippen LogP contribution >= 0.6 is 11.8 Å². The van der Waals surface area contributed by atoms with E-state index in [2.05, 4.69) is 10.3 Å². The van der Waals surface area contributed by atoms with Crippen molar-refractivity contribution in [3.8, 4) is 11.5 Å². The van der Waals surface area contributed by atoms with Crippen molar-refractivity contribution in [2.75, 3.05) is 13.7 Å². The summed E-state index contributed by atoms with van der Waals surface area (Å²) >= 11 is 1.10. The van der Waals surface area contributed by atoms with Crippen molar-refractivity contribution in [3.63, 3.8) is 0 Å². The molecule has 1 amide bonds. The smallest absolute Gasteiger partial charge is 0.306 e. The number of halogens is 1. The van der Waals surface area contributed by atoms with E-state index in [1.54, 1.807) is 36.4 Å². The minimum Gasteiger partial charge on any atom is -0.493 e. The van der Waals surface area contributed by atoms with Crippen LogP contribution in [0, 0.1) is 5.82 Å². The summed E-state index contributed by atoms with van der Waals surface area (Å²) in [6, 6.07) is 11.1. The highest BCUT2D eigenvalue weighted by Crippen LogP contribution is 2.32. The number of hydrogen-bond donors (Lipinski definition) is 2. The van der Waals surface area contributed by atoms with Crippen LogP contribution in [0.25, 0.3) is 6.08 Å². The predicted molar refractivity (Wildman–Crippen MR) is 108 cm³/mol. The molecule has 0 aliphatic carbocycles. The van der Waals surface area contributed by atoms with Crippen molar-refractivity contribution in [2.45, 2.75) is 6.42 Å². The molecular weight excluding hydrogens is 399 g/mol. The summed E-state index contributed by atoms with van der Waals surface area (Å²) in [5, 5.41) is 11.6. The number of ether oxygens (including phenoxy) is 2. The maximum Gasteiger partial charge on any atom is 0.306 e. The van der Waals surface area contributed by atoms with Gasteiger partial charge < -0.3 is 19.9 Å². The van der Waals surface area contributed by atoms with E-state index in [1.807, 2.05) is 0 Å². The minimum absolute atomic E-state index is 0.0141. The van der Waals surface area contributed by atoms with Crippen LogP contribution in [-0.4, -0.2) is 35.9 Å². The molecule has 1 saturated heterocycles. The lowest BCUT2D eigenvalue weighted by Gasteiger charge is -2.10. The number of nitrogens with zero attached hydrogens (tertiary/aromatic N) is 1. The third-order valence-corrected chi connectivity index (χ3v) is 4.69. The Kier molecular flexibility index (Phi) is 6.50. The summed E-state index contributed by atoms with van der Waals surface area (Å²) in [6.07, 6.45) is 1.52. The van der Waals surface area contributed by atoms with Gasteiger partial charge in [-0.05, 0) is 47.7 Å². The third-order valence-electron chi connectivity index (χ3n) is 3.78. The van der Waals surface area contributed by atoms with Gasteiger partial charge in [-0.3, -0.25) is 9.59 Å². The van der Waals surface area contributed by atoms with Crippen molar-refractivity contribution < 1.29 is 28.6 Å². The molecule has 0 saturated carbocycles. The summed E-state index contributed by atoms with van der Waals surface area (Å²) in [4.78, 5) is 27.3. The second kappa shape index (κ2) is 9.24. The van der Waals surface area contributed by atoms with Gasteiger partial charge in [0.25, 0.3) is 5.91 Å². The van der Waals surface area contributed by atoms with Crippen LogP contribution in [0.1, 0.15) is 12.0 Å². The Bertz CT molecular complexity index is 1010. The monoisotopic (exact) mass is 416 g/mol. The second-order valence-electron chi connectivity index (χ2n) is 5.84. The lowest BCUT2D eigenvalue weighted by Crippen LogP contribution is -2.19. The highest BCUT2D eigenvalue weighted by atomic mass is 32.2. The Morgan fingerprint density at radius 1 is 1.28 bits per heavy atom. The first-order chi connectivity index (χ1) is 14.0. The first-order valence-electron chi connectivity index (χ1n) is 8.53. The van der Waals surface area contributed by atoms with Gasteiger partial charge in [0.05, 0.1) is 25.0 Å². The van der Waals surface area contributed by atoms with Gasteiger partial charge in [-0.2, -0.15) is 0 Å². The van der Waals surface area contributed by atoms with Crippen molar-refractivity contribution in [1.82, 2.24) is 5.32 Å². The zero-order chi connectivity index (χ0) is 20.8. The molecule has 2 N–H and O–H groups in total. The minimum atomic E-state index is -0.956. The van der Waals surface area contributed by atoms with Gasteiger partial charge in [-0.1, -0.05) is 18.2 Å². The molecule has 1 heterocycles. The molecule has 0 unspecified atom stereocenters. The van der Waals surface area contributed by atoms with Crippen LogP contribution in [0.15, 0.2) is 52.4 Å². The number of amidine groups is 1. The molecule has 2 aromatic carbocycles. The molecule has 0 radical (unpaired) electrons. The van der Waals surface area contributed by atoms with E-state index in [0.717, 1.165) is 11.8 Å². The van der Waals surface area contributed by atoms with Crippen LogP contribution in [0.4, 0.5) is 10.1 Å². The molecule has 0 bridgehead atoms. The molecule has 2 aromatic rings. The largest absolute Gasteiger partial charge is 0.493 e. The highest BCUT2D eigenvalue weighted by Gasteiger charge is 2.24. The molecular formula is C20H17FN2O5S. The fourth-order valence-corrected chi connectivity index (χ4v) is 3.26. The molecule has 29 heavy (non-hydrogen) atoms. The Hall–Kier alpha value is -3.33. The zero-order valence-electron chi connectivity index (χ0n) is 15.3. The Balaban J connectivity index is 1.76. The van der Waals surface area contributed by atoms with E-state index in [0.29, 0.717) is 22.0 Å².